The molecule has 1 atom stereocenters. The van der Waals surface area contributed by atoms with Crippen molar-refractivity contribution in [1.82, 2.24) is 10.2 Å². The minimum absolute atomic E-state index is 0.164. The minimum Gasteiger partial charge on any atom is -0.338 e. The van der Waals surface area contributed by atoms with Crippen molar-refractivity contribution >= 4 is 5.91 Å². The third kappa shape index (κ3) is 1.79. The van der Waals surface area contributed by atoms with E-state index in [-0.39, 0.29) is 16.7 Å². The van der Waals surface area contributed by atoms with Crippen molar-refractivity contribution in [2.75, 3.05) is 20.1 Å². The summed E-state index contributed by atoms with van der Waals surface area (Å²) in [4.78, 5) is 14.7. The lowest BCUT2D eigenvalue weighted by atomic mass is 10.0. The highest BCUT2D eigenvalue weighted by atomic mass is 16.2. The van der Waals surface area contributed by atoms with Gasteiger partial charge in [0.05, 0.1) is 0 Å². The van der Waals surface area contributed by atoms with Crippen LogP contribution < -0.4 is 5.32 Å². The number of nitrogens with zero attached hydrogens (tertiary/aromatic N) is 1. The molecule has 2 fully saturated rings. The molecule has 1 unspecified atom stereocenters. The van der Waals surface area contributed by atoms with Gasteiger partial charge < -0.3 is 10.2 Å². The van der Waals surface area contributed by atoms with E-state index in [0.717, 1.165) is 25.9 Å². The van der Waals surface area contributed by atoms with Crippen LogP contribution >= 0.6 is 0 Å². The first kappa shape index (κ1) is 12.9. The van der Waals surface area contributed by atoms with Crippen LogP contribution in [0.2, 0.25) is 0 Å². The maximum absolute atomic E-state index is 12.6. The number of likely N-dealkylation sites (N-methyl/N-ethyl adjacent to an activating group) is 1. The number of amides is 1. The Morgan fingerprint density at radius 2 is 1.88 bits per heavy atom. The van der Waals surface area contributed by atoms with Crippen molar-refractivity contribution in [1.29, 1.82) is 0 Å². The van der Waals surface area contributed by atoms with Crippen LogP contribution in [0.4, 0.5) is 0 Å². The highest BCUT2D eigenvalue weighted by Gasteiger charge is 2.69. The molecule has 1 N–H and O–H groups in total. The van der Waals surface area contributed by atoms with E-state index < -0.39 is 0 Å². The zero-order valence-corrected chi connectivity index (χ0v) is 11.8. The van der Waals surface area contributed by atoms with E-state index in [2.05, 4.69) is 37.9 Å². The number of likely N-dealkylation sites (tertiary alicyclic amines) is 1. The molecule has 0 aromatic rings. The first-order valence-electron chi connectivity index (χ1n) is 6.79. The molecular weight excluding hydrogens is 212 g/mol. The lowest BCUT2D eigenvalue weighted by Gasteiger charge is -2.25. The summed E-state index contributed by atoms with van der Waals surface area (Å²) in [5.74, 6) is 0.602. The zero-order valence-electron chi connectivity index (χ0n) is 11.8. The van der Waals surface area contributed by atoms with Crippen LogP contribution in [0.3, 0.4) is 0 Å². The largest absolute Gasteiger partial charge is 0.338 e. The van der Waals surface area contributed by atoms with Gasteiger partial charge in [-0.05, 0) is 30.7 Å². The van der Waals surface area contributed by atoms with E-state index in [1.165, 1.54) is 0 Å². The molecule has 0 aromatic heterocycles. The van der Waals surface area contributed by atoms with Crippen molar-refractivity contribution in [2.45, 2.75) is 46.6 Å². The predicted molar refractivity (Wildman–Crippen MR) is 69.7 cm³/mol. The Morgan fingerprint density at radius 3 is 2.35 bits per heavy atom. The lowest BCUT2D eigenvalue weighted by Crippen LogP contribution is -2.42. The summed E-state index contributed by atoms with van der Waals surface area (Å²) in [6, 6.07) is 0.416. The van der Waals surface area contributed by atoms with Crippen molar-refractivity contribution in [3.8, 4) is 0 Å². The molecule has 3 nitrogen and oxygen atoms in total. The summed E-state index contributed by atoms with van der Waals surface area (Å²) in [6.07, 6.45) is 2.31. The average molecular weight is 238 g/mol. The van der Waals surface area contributed by atoms with Crippen molar-refractivity contribution < 1.29 is 4.79 Å². The fourth-order valence-electron chi connectivity index (χ4n) is 3.55. The highest BCUT2D eigenvalue weighted by Crippen LogP contribution is 2.69. The maximum Gasteiger partial charge on any atom is 0.227 e. The monoisotopic (exact) mass is 238 g/mol. The van der Waals surface area contributed by atoms with Crippen LogP contribution in [0, 0.1) is 16.7 Å². The smallest absolute Gasteiger partial charge is 0.227 e. The Bertz CT molecular complexity index is 308. The van der Waals surface area contributed by atoms with Crippen LogP contribution in [0.15, 0.2) is 0 Å². The number of hydrogen-bond acceptors (Lipinski definition) is 2. The molecule has 1 aliphatic heterocycles. The molecular formula is C14H26N2O. The molecule has 0 aromatic carbocycles. The number of carbonyl (C=O) groups is 1. The number of carbonyl (C=O) groups excluding carboxylic acids is 1. The fourth-order valence-corrected chi connectivity index (χ4v) is 3.55. The van der Waals surface area contributed by atoms with Crippen LogP contribution in [0.5, 0.6) is 0 Å². The average Bonchev–Trinajstić information content (AvgIpc) is 2.58. The second-order valence-corrected chi connectivity index (χ2v) is 6.76. The molecule has 3 heteroatoms. The van der Waals surface area contributed by atoms with E-state index in [1.807, 2.05) is 7.05 Å². The summed E-state index contributed by atoms with van der Waals surface area (Å²) in [5, 5.41) is 3.20. The SMILES string of the molecule is CNCC1CCCN1C(=O)C1C(C)(C)C1(C)C. The van der Waals surface area contributed by atoms with Gasteiger partial charge in [0.15, 0.2) is 0 Å². The number of rotatable bonds is 3. The van der Waals surface area contributed by atoms with Crippen LogP contribution in [0.25, 0.3) is 0 Å². The topological polar surface area (TPSA) is 32.3 Å². The van der Waals surface area contributed by atoms with E-state index in [4.69, 9.17) is 0 Å². The molecule has 17 heavy (non-hydrogen) atoms. The van der Waals surface area contributed by atoms with E-state index in [0.29, 0.717) is 11.9 Å². The maximum atomic E-state index is 12.6. The molecule has 1 heterocycles. The quantitative estimate of drug-likeness (QED) is 0.814. The third-order valence-electron chi connectivity index (χ3n) is 5.37. The molecule has 0 spiro atoms. The van der Waals surface area contributed by atoms with Gasteiger partial charge in [-0.15, -0.1) is 0 Å². The number of hydrogen-bond donors (Lipinski definition) is 1. The van der Waals surface area contributed by atoms with Gasteiger partial charge in [-0.3, -0.25) is 4.79 Å². The number of nitrogens with one attached hydrogen (secondary N) is 1. The lowest BCUT2D eigenvalue weighted by molar-refractivity contribution is -0.134. The van der Waals surface area contributed by atoms with Gasteiger partial charge in [-0.2, -0.15) is 0 Å². The standard InChI is InChI=1S/C14H26N2O/c1-13(2)11(14(13,3)4)12(17)16-8-6-7-10(16)9-15-5/h10-11,15H,6-9H2,1-5H3. The highest BCUT2D eigenvalue weighted by molar-refractivity contribution is 5.84. The molecule has 1 amide bonds. The summed E-state index contributed by atoms with van der Waals surface area (Å²) in [5.41, 5.74) is 0.327. The predicted octanol–water partition coefficient (Wildman–Crippen LogP) is 1.88. The second kappa shape index (κ2) is 3.98. The van der Waals surface area contributed by atoms with Gasteiger partial charge in [0.1, 0.15) is 0 Å². The van der Waals surface area contributed by atoms with Gasteiger partial charge in [-0.25, -0.2) is 0 Å². The normalized spacial score (nSPS) is 30.6. The van der Waals surface area contributed by atoms with Crippen LogP contribution in [-0.2, 0) is 4.79 Å². The van der Waals surface area contributed by atoms with Crippen molar-refractivity contribution in [3.63, 3.8) is 0 Å². The fraction of sp³-hybridized carbons (Fsp3) is 0.929. The van der Waals surface area contributed by atoms with Gasteiger partial charge in [0.2, 0.25) is 5.91 Å². The Labute approximate surface area is 105 Å². The summed E-state index contributed by atoms with van der Waals surface area (Å²) < 4.78 is 0. The summed E-state index contributed by atoms with van der Waals surface area (Å²) in [7, 11) is 1.96. The first-order chi connectivity index (χ1) is 7.84. The molecule has 0 bridgehead atoms. The van der Waals surface area contributed by atoms with Gasteiger partial charge in [-0.1, -0.05) is 27.7 Å². The molecule has 1 aliphatic carbocycles. The van der Waals surface area contributed by atoms with Crippen molar-refractivity contribution in [3.05, 3.63) is 0 Å². The van der Waals surface area contributed by atoms with Crippen LogP contribution in [0.1, 0.15) is 40.5 Å². The Balaban J connectivity index is 2.07. The Hall–Kier alpha value is -0.570. The summed E-state index contributed by atoms with van der Waals surface area (Å²) in [6.45, 7) is 10.8. The molecule has 2 rings (SSSR count). The first-order valence-corrected chi connectivity index (χ1v) is 6.79. The van der Waals surface area contributed by atoms with Gasteiger partial charge >= 0.3 is 0 Å². The zero-order chi connectivity index (χ0) is 12.8. The van der Waals surface area contributed by atoms with Gasteiger partial charge in [0.25, 0.3) is 0 Å². The van der Waals surface area contributed by atoms with Crippen molar-refractivity contribution in [2.24, 2.45) is 16.7 Å². The Morgan fingerprint density at radius 1 is 1.29 bits per heavy atom. The molecule has 0 radical (unpaired) electrons. The molecule has 1 saturated carbocycles. The van der Waals surface area contributed by atoms with Crippen LogP contribution in [-0.4, -0.2) is 37.0 Å². The molecule has 1 saturated heterocycles. The summed E-state index contributed by atoms with van der Waals surface area (Å²) >= 11 is 0. The second-order valence-electron chi connectivity index (χ2n) is 6.76. The van der Waals surface area contributed by atoms with E-state index >= 15 is 0 Å². The molecule has 98 valence electrons. The van der Waals surface area contributed by atoms with E-state index in [9.17, 15) is 4.79 Å². The minimum atomic E-state index is 0.164. The third-order valence-corrected chi connectivity index (χ3v) is 5.37. The van der Waals surface area contributed by atoms with E-state index in [1.54, 1.807) is 0 Å². The Kier molecular flexibility index (Phi) is 3.01. The molecule has 2 aliphatic rings. The van der Waals surface area contributed by atoms with Gasteiger partial charge in [0, 0.05) is 25.0 Å².